The van der Waals surface area contributed by atoms with Gasteiger partial charge in [0.05, 0.1) is 4.88 Å². The number of hydrogen-bond acceptors (Lipinski definition) is 4. The summed E-state index contributed by atoms with van der Waals surface area (Å²) in [5.74, 6) is 0.637. The normalized spacial score (nSPS) is 10.8. The van der Waals surface area contributed by atoms with Crippen molar-refractivity contribution in [2.75, 3.05) is 0 Å². The second kappa shape index (κ2) is 9.45. The molecule has 0 aliphatic heterocycles. The van der Waals surface area contributed by atoms with E-state index in [1.165, 1.54) is 12.1 Å². The van der Waals surface area contributed by atoms with Crippen molar-refractivity contribution < 1.29 is 9.13 Å². The lowest BCUT2D eigenvalue weighted by Gasteiger charge is -2.06. The monoisotopic (exact) mass is 404 g/mol. The standard InChI is InChI=1S/C24H21FN2OS/c25-21-10-6-18(7-11-21)14-26-16-24-27-15-23(29-24)20-8-12-22(13-9-20)28-17-19-4-2-1-3-5-19/h1-13,15,26H,14,16-17H2. The van der Waals surface area contributed by atoms with E-state index in [0.717, 1.165) is 32.3 Å². The van der Waals surface area contributed by atoms with Crippen molar-refractivity contribution >= 4 is 11.3 Å². The minimum absolute atomic E-state index is 0.213. The quantitative estimate of drug-likeness (QED) is 0.402. The number of aromatic nitrogens is 1. The molecule has 1 heterocycles. The molecule has 5 heteroatoms. The molecule has 4 rings (SSSR count). The zero-order valence-electron chi connectivity index (χ0n) is 15.8. The Morgan fingerprint density at radius 2 is 1.59 bits per heavy atom. The zero-order valence-corrected chi connectivity index (χ0v) is 16.7. The van der Waals surface area contributed by atoms with Crippen LogP contribution in [0.2, 0.25) is 0 Å². The SMILES string of the molecule is Fc1ccc(CNCc2ncc(-c3ccc(OCc4ccccc4)cc3)s2)cc1. The molecule has 0 atom stereocenters. The maximum atomic E-state index is 12.9. The highest BCUT2D eigenvalue weighted by Crippen LogP contribution is 2.28. The van der Waals surface area contributed by atoms with Crippen molar-refractivity contribution in [2.24, 2.45) is 0 Å². The second-order valence-corrected chi connectivity index (χ2v) is 7.76. The third-order valence-corrected chi connectivity index (χ3v) is 5.51. The molecule has 0 bridgehead atoms. The van der Waals surface area contributed by atoms with Crippen molar-refractivity contribution in [2.45, 2.75) is 19.7 Å². The number of rotatable bonds is 8. The van der Waals surface area contributed by atoms with Crippen LogP contribution in [0.5, 0.6) is 5.75 Å². The Labute approximate surface area is 173 Å². The van der Waals surface area contributed by atoms with Crippen LogP contribution < -0.4 is 10.1 Å². The molecule has 0 saturated carbocycles. The second-order valence-electron chi connectivity index (χ2n) is 6.65. The van der Waals surface area contributed by atoms with Gasteiger partial charge in [0.15, 0.2) is 0 Å². The molecule has 0 aliphatic rings. The number of hydrogen-bond donors (Lipinski definition) is 1. The van der Waals surface area contributed by atoms with Crippen LogP contribution in [-0.2, 0) is 19.7 Å². The Morgan fingerprint density at radius 3 is 2.34 bits per heavy atom. The third-order valence-electron chi connectivity index (χ3n) is 4.46. The van der Waals surface area contributed by atoms with E-state index in [0.29, 0.717) is 19.7 Å². The molecule has 0 aliphatic carbocycles. The highest BCUT2D eigenvalue weighted by atomic mass is 32.1. The first-order valence-corrected chi connectivity index (χ1v) is 10.2. The van der Waals surface area contributed by atoms with Crippen molar-refractivity contribution in [3.05, 3.63) is 107 Å². The summed E-state index contributed by atoms with van der Waals surface area (Å²) < 4.78 is 18.8. The summed E-state index contributed by atoms with van der Waals surface area (Å²) in [4.78, 5) is 5.62. The maximum absolute atomic E-state index is 12.9. The highest BCUT2D eigenvalue weighted by Gasteiger charge is 2.05. The fourth-order valence-electron chi connectivity index (χ4n) is 2.90. The Hall–Kier alpha value is -3.02. The first-order chi connectivity index (χ1) is 14.3. The van der Waals surface area contributed by atoms with E-state index in [-0.39, 0.29) is 5.82 Å². The Balaban J connectivity index is 1.30. The number of benzene rings is 3. The van der Waals surface area contributed by atoms with Gasteiger partial charge in [-0.2, -0.15) is 0 Å². The van der Waals surface area contributed by atoms with Crippen molar-refractivity contribution in [3.63, 3.8) is 0 Å². The predicted octanol–water partition coefficient (Wildman–Crippen LogP) is 5.82. The van der Waals surface area contributed by atoms with Crippen LogP contribution in [-0.4, -0.2) is 4.98 Å². The van der Waals surface area contributed by atoms with E-state index in [2.05, 4.69) is 34.6 Å². The van der Waals surface area contributed by atoms with E-state index < -0.39 is 0 Å². The molecule has 0 amide bonds. The van der Waals surface area contributed by atoms with Gasteiger partial charge in [-0.05, 0) is 53.1 Å². The summed E-state index contributed by atoms with van der Waals surface area (Å²) in [5, 5.41) is 4.37. The van der Waals surface area contributed by atoms with E-state index in [1.807, 2.05) is 36.5 Å². The summed E-state index contributed by atoms with van der Waals surface area (Å²) >= 11 is 1.67. The average Bonchev–Trinajstić information content (AvgIpc) is 3.24. The molecule has 0 unspecified atom stereocenters. The molecule has 29 heavy (non-hydrogen) atoms. The van der Waals surface area contributed by atoms with Gasteiger partial charge in [-0.3, -0.25) is 0 Å². The topological polar surface area (TPSA) is 34.2 Å². The average molecular weight is 405 g/mol. The minimum Gasteiger partial charge on any atom is -0.489 e. The van der Waals surface area contributed by atoms with Gasteiger partial charge in [0.1, 0.15) is 23.2 Å². The van der Waals surface area contributed by atoms with Crippen LogP contribution in [0.3, 0.4) is 0 Å². The van der Waals surface area contributed by atoms with Crippen LogP contribution in [0.25, 0.3) is 10.4 Å². The predicted molar refractivity (Wildman–Crippen MR) is 115 cm³/mol. The number of halogens is 1. The zero-order chi connectivity index (χ0) is 19.9. The molecule has 0 radical (unpaired) electrons. The molecule has 0 saturated heterocycles. The lowest BCUT2D eigenvalue weighted by Crippen LogP contribution is -2.12. The lowest BCUT2D eigenvalue weighted by molar-refractivity contribution is 0.306. The van der Waals surface area contributed by atoms with E-state index in [1.54, 1.807) is 23.5 Å². The molecule has 4 aromatic rings. The number of thiazole rings is 1. The fourth-order valence-corrected chi connectivity index (χ4v) is 3.79. The van der Waals surface area contributed by atoms with Gasteiger partial charge in [0.2, 0.25) is 0 Å². The number of ether oxygens (including phenoxy) is 1. The Morgan fingerprint density at radius 1 is 0.828 bits per heavy atom. The van der Waals surface area contributed by atoms with Crippen LogP contribution in [0.1, 0.15) is 16.1 Å². The molecule has 146 valence electrons. The summed E-state index contributed by atoms with van der Waals surface area (Å²) in [6.45, 7) is 1.92. The first kappa shape index (κ1) is 19.3. The van der Waals surface area contributed by atoms with Gasteiger partial charge < -0.3 is 10.1 Å². The van der Waals surface area contributed by atoms with Gasteiger partial charge in [0.25, 0.3) is 0 Å². The maximum Gasteiger partial charge on any atom is 0.123 e. The molecule has 1 N–H and O–H groups in total. The van der Waals surface area contributed by atoms with Gasteiger partial charge in [-0.15, -0.1) is 11.3 Å². The minimum atomic E-state index is -0.213. The Bertz CT molecular complexity index is 1030. The molecule has 1 aromatic heterocycles. The third kappa shape index (κ3) is 5.50. The highest BCUT2D eigenvalue weighted by molar-refractivity contribution is 7.15. The van der Waals surface area contributed by atoms with E-state index >= 15 is 0 Å². The van der Waals surface area contributed by atoms with Crippen molar-refractivity contribution in [3.8, 4) is 16.2 Å². The number of nitrogens with one attached hydrogen (secondary N) is 1. The molecular formula is C24H21FN2OS. The van der Waals surface area contributed by atoms with E-state index in [4.69, 9.17) is 4.74 Å². The summed E-state index contributed by atoms with van der Waals surface area (Å²) in [6, 6.07) is 24.8. The number of nitrogens with zero attached hydrogens (tertiary/aromatic N) is 1. The van der Waals surface area contributed by atoms with Crippen LogP contribution >= 0.6 is 11.3 Å². The van der Waals surface area contributed by atoms with Gasteiger partial charge in [-0.25, -0.2) is 9.37 Å². The van der Waals surface area contributed by atoms with Crippen LogP contribution in [0.15, 0.2) is 85.1 Å². The van der Waals surface area contributed by atoms with Crippen molar-refractivity contribution in [1.29, 1.82) is 0 Å². The Kier molecular flexibility index (Phi) is 6.29. The largest absolute Gasteiger partial charge is 0.489 e. The summed E-state index contributed by atoms with van der Waals surface area (Å²) in [7, 11) is 0. The smallest absolute Gasteiger partial charge is 0.123 e. The molecular weight excluding hydrogens is 383 g/mol. The molecule has 0 fully saturated rings. The van der Waals surface area contributed by atoms with Gasteiger partial charge >= 0.3 is 0 Å². The fraction of sp³-hybridized carbons (Fsp3) is 0.125. The van der Waals surface area contributed by atoms with Crippen molar-refractivity contribution in [1.82, 2.24) is 10.3 Å². The molecule has 3 nitrogen and oxygen atoms in total. The van der Waals surface area contributed by atoms with Gasteiger partial charge in [0, 0.05) is 19.3 Å². The first-order valence-electron chi connectivity index (χ1n) is 9.43. The summed E-state index contributed by atoms with van der Waals surface area (Å²) in [5.41, 5.74) is 3.32. The molecule has 3 aromatic carbocycles. The lowest BCUT2D eigenvalue weighted by atomic mass is 10.2. The van der Waals surface area contributed by atoms with E-state index in [9.17, 15) is 4.39 Å². The molecule has 0 spiro atoms. The van der Waals surface area contributed by atoms with Crippen LogP contribution in [0.4, 0.5) is 4.39 Å². The summed E-state index contributed by atoms with van der Waals surface area (Å²) in [6.07, 6.45) is 1.90. The van der Waals surface area contributed by atoms with Crippen LogP contribution in [0, 0.1) is 5.82 Å². The van der Waals surface area contributed by atoms with Gasteiger partial charge in [-0.1, -0.05) is 42.5 Å².